The molecule has 0 amide bonds. The summed E-state index contributed by atoms with van der Waals surface area (Å²) in [5.74, 6) is 0.243. The van der Waals surface area contributed by atoms with E-state index < -0.39 is 16.1 Å². The average molecular weight is 529 g/mol. The molecule has 0 unspecified atom stereocenters. The number of nitrogens with zero attached hydrogens (tertiary/aromatic N) is 2. The van der Waals surface area contributed by atoms with Gasteiger partial charge in [-0.15, -0.1) is 0 Å². The number of ether oxygens (including phenoxy) is 1. The standard InChI is InChI=1S/C30H32N4O3S/c1-19-8-6-9-20(2)28(19)25-17-27-33-29(32-25)34-38(35,36)24-11-7-10-23(16-24)31-18-26(37-27)21-12-14-22(15-13-21)30(3,4)5/h6-17,26,31H,18H2,1-5H3,(H,32,33,34)/t26-/m1/s1. The second-order valence-electron chi connectivity index (χ2n) is 10.7. The van der Waals surface area contributed by atoms with E-state index in [1.54, 1.807) is 24.3 Å². The zero-order valence-electron chi connectivity index (χ0n) is 22.2. The second kappa shape index (κ2) is 9.76. The van der Waals surface area contributed by atoms with E-state index in [1.807, 2.05) is 38.1 Å². The summed E-state index contributed by atoms with van der Waals surface area (Å²) in [5.41, 5.74) is 6.46. The van der Waals surface area contributed by atoms with Crippen LogP contribution < -0.4 is 14.8 Å². The summed E-state index contributed by atoms with van der Waals surface area (Å²) in [4.78, 5) is 9.19. The largest absolute Gasteiger partial charge is 0.467 e. The predicted molar refractivity (Wildman–Crippen MR) is 151 cm³/mol. The van der Waals surface area contributed by atoms with E-state index in [-0.39, 0.29) is 22.1 Å². The molecular weight excluding hydrogens is 496 g/mol. The van der Waals surface area contributed by atoms with Crippen LogP contribution in [0.3, 0.4) is 0 Å². The highest BCUT2D eigenvalue weighted by Crippen LogP contribution is 2.32. The number of benzene rings is 3. The summed E-state index contributed by atoms with van der Waals surface area (Å²) in [7, 11) is -3.92. The van der Waals surface area contributed by atoms with Crippen molar-refractivity contribution in [1.29, 1.82) is 0 Å². The molecule has 1 atom stereocenters. The number of aromatic nitrogens is 2. The molecule has 196 valence electrons. The highest BCUT2D eigenvalue weighted by atomic mass is 32.2. The maximum absolute atomic E-state index is 13.2. The van der Waals surface area contributed by atoms with Gasteiger partial charge in [-0.2, -0.15) is 4.98 Å². The molecule has 0 fully saturated rings. The number of nitrogens with one attached hydrogen (secondary N) is 2. The molecule has 7 nitrogen and oxygen atoms in total. The second-order valence-corrected chi connectivity index (χ2v) is 12.4. The van der Waals surface area contributed by atoms with Crippen molar-refractivity contribution in [2.24, 2.45) is 0 Å². The molecular formula is C30H32N4O3S. The van der Waals surface area contributed by atoms with Crippen LogP contribution in [0.15, 0.2) is 77.7 Å². The molecule has 0 aliphatic carbocycles. The molecule has 1 aliphatic rings. The molecule has 0 saturated carbocycles. The average Bonchev–Trinajstić information content (AvgIpc) is 2.85. The molecule has 5 rings (SSSR count). The lowest BCUT2D eigenvalue weighted by Gasteiger charge is -2.24. The fraction of sp³-hybridized carbons (Fsp3) is 0.267. The minimum atomic E-state index is -3.92. The Morgan fingerprint density at radius 1 is 0.895 bits per heavy atom. The van der Waals surface area contributed by atoms with E-state index in [9.17, 15) is 8.42 Å². The Morgan fingerprint density at radius 3 is 2.26 bits per heavy atom. The Kier molecular flexibility index (Phi) is 6.61. The summed E-state index contributed by atoms with van der Waals surface area (Å²) in [6, 6.07) is 22.8. The van der Waals surface area contributed by atoms with Gasteiger partial charge in [0.2, 0.25) is 11.8 Å². The van der Waals surface area contributed by atoms with Crippen LogP contribution in [0.1, 0.15) is 49.1 Å². The molecule has 2 heterocycles. The van der Waals surface area contributed by atoms with Crippen molar-refractivity contribution in [3.05, 3.63) is 95.1 Å². The fourth-order valence-corrected chi connectivity index (χ4v) is 5.60. The third kappa shape index (κ3) is 5.36. The quantitative estimate of drug-likeness (QED) is 0.313. The summed E-state index contributed by atoms with van der Waals surface area (Å²) in [6.07, 6.45) is -0.391. The molecule has 4 aromatic rings. The van der Waals surface area contributed by atoms with Gasteiger partial charge >= 0.3 is 0 Å². The van der Waals surface area contributed by atoms with Crippen LogP contribution in [-0.2, 0) is 15.4 Å². The van der Waals surface area contributed by atoms with E-state index in [0.29, 0.717) is 17.9 Å². The van der Waals surface area contributed by atoms with Crippen molar-refractivity contribution < 1.29 is 13.2 Å². The monoisotopic (exact) mass is 528 g/mol. The SMILES string of the molecule is Cc1cccc(C)c1-c1cc2nc(n1)NS(=O)(=O)c1cccc(c1)NC[C@H](c1ccc(C(C)(C)C)cc1)O2. The Hall–Kier alpha value is -3.91. The molecule has 1 aromatic heterocycles. The molecule has 3 aromatic carbocycles. The lowest BCUT2D eigenvalue weighted by Crippen LogP contribution is -2.22. The van der Waals surface area contributed by atoms with E-state index in [0.717, 1.165) is 22.3 Å². The summed E-state index contributed by atoms with van der Waals surface area (Å²) in [5, 5.41) is 3.35. The van der Waals surface area contributed by atoms with Gasteiger partial charge in [0, 0.05) is 17.3 Å². The molecule has 0 radical (unpaired) electrons. The van der Waals surface area contributed by atoms with Crippen LogP contribution in [0.4, 0.5) is 11.6 Å². The number of hydrogen-bond acceptors (Lipinski definition) is 6. The number of rotatable bonds is 2. The molecule has 0 spiro atoms. The van der Waals surface area contributed by atoms with Crippen LogP contribution in [0.25, 0.3) is 11.3 Å². The third-order valence-electron chi connectivity index (χ3n) is 6.71. The minimum absolute atomic E-state index is 0.0313. The lowest BCUT2D eigenvalue weighted by molar-refractivity contribution is 0.210. The lowest BCUT2D eigenvalue weighted by atomic mass is 9.86. The first kappa shape index (κ1) is 25.7. The van der Waals surface area contributed by atoms with Crippen molar-refractivity contribution >= 4 is 21.7 Å². The van der Waals surface area contributed by atoms with Crippen molar-refractivity contribution in [2.75, 3.05) is 16.6 Å². The first-order chi connectivity index (χ1) is 18.0. The van der Waals surface area contributed by atoms with Crippen molar-refractivity contribution in [3.8, 4) is 17.1 Å². The normalized spacial score (nSPS) is 16.7. The molecule has 1 aliphatic heterocycles. The van der Waals surface area contributed by atoms with Gasteiger partial charge < -0.3 is 10.1 Å². The number of anilines is 2. The molecule has 8 heteroatoms. The van der Waals surface area contributed by atoms with Gasteiger partial charge in [0.25, 0.3) is 10.0 Å². The summed E-state index contributed by atoms with van der Waals surface area (Å²) in [6.45, 7) is 11.0. The number of sulfonamides is 1. The van der Waals surface area contributed by atoms with Crippen LogP contribution in [-0.4, -0.2) is 24.9 Å². The maximum atomic E-state index is 13.2. The van der Waals surface area contributed by atoms with Crippen molar-refractivity contribution in [1.82, 2.24) is 9.97 Å². The van der Waals surface area contributed by atoms with Gasteiger partial charge in [-0.25, -0.2) is 18.1 Å². The highest BCUT2D eigenvalue weighted by molar-refractivity contribution is 7.92. The Morgan fingerprint density at radius 2 is 1.58 bits per heavy atom. The van der Waals surface area contributed by atoms with Gasteiger partial charge in [0.05, 0.1) is 17.1 Å². The summed E-state index contributed by atoms with van der Waals surface area (Å²) >= 11 is 0. The van der Waals surface area contributed by atoms with Crippen LogP contribution >= 0.6 is 0 Å². The van der Waals surface area contributed by atoms with Crippen molar-refractivity contribution in [3.63, 3.8) is 0 Å². The topological polar surface area (TPSA) is 93.2 Å². The molecule has 4 bridgehead atoms. The van der Waals surface area contributed by atoms with Gasteiger partial charge in [-0.1, -0.05) is 69.3 Å². The zero-order chi connectivity index (χ0) is 27.1. The number of fused-ring (bicyclic) bond motifs is 4. The molecule has 0 saturated heterocycles. The van der Waals surface area contributed by atoms with Gasteiger partial charge in [0.1, 0.15) is 6.10 Å². The van der Waals surface area contributed by atoms with Crippen LogP contribution in [0, 0.1) is 13.8 Å². The Balaban J connectivity index is 1.65. The van der Waals surface area contributed by atoms with E-state index in [1.165, 1.54) is 5.56 Å². The van der Waals surface area contributed by atoms with E-state index in [4.69, 9.17) is 4.74 Å². The van der Waals surface area contributed by atoms with Gasteiger partial charge in [-0.3, -0.25) is 0 Å². The minimum Gasteiger partial charge on any atom is -0.467 e. The molecule has 2 N–H and O–H groups in total. The maximum Gasteiger partial charge on any atom is 0.264 e. The van der Waals surface area contributed by atoms with Crippen LogP contribution in [0.2, 0.25) is 0 Å². The van der Waals surface area contributed by atoms with E-state index in [2.05, 4.69) is 65.0 Å². The smallest absolute Gasteiger partial charge is 0.264 e. The van der Waals surface area contributed by atoms with Crippen molar-refractivity contribution in [2.45, 2.75) is 51.0 Å². The number of hydrogen-bond donors (Lipinski definition) is 2. The summed E-state index contributed by atoms with van der Waals surface area (Å²) < 4.78 is 35.4. The Labute approximate surface area is 224 Å². The fourth-order valence-electron chi connectivity index (χ4n) is 4.61. The van der Waals surface area contributed by atoms with E-state index >= 15 is 0 Å². The number of aryl methyl sites for hydroxylation is 2. The van der Waals surface area contributed by atoms with Gasteiger partial charge in [-0.05, 0) is 59.7 Å². The first-order valence-corrected chi connectivity index (χ1v) is 14.1. The van der Waals surface area contributed by atoms with Crippen LogP contribution in [0.5, 0.6) is 5.88 Å². The zero-order valence-corrected chi connectivity index (χ0v) is 23.1. The third-order valence-corrected chi connectivity index (χ3v) is 8.04. The first-order valence-electron chi connectivity index (χ1n) is 12.6. The highest BCUT2D eigenvalue weighted by Gasteiger charge is 2.23. The van der Waals surface area contributed by atoms with Gasteiger partial charge in [0.15, 0.2) is 0 Å². The predicted octanol–water partition coefficient (Wildman–Crippen LogP) is 6.40. The molecule has 38 heavy (non-hydrogen) atoms. The Bertz CT molecular complexity index is 1570.